The predicted octanol–water partition coefficient (Wildman–Crippen LogP) is 3.31. The lowest BCUT2D eigenvalue weighted by molar-refractivity contribution is -0.209. The van der Waals surface area contributed by atoms with Gasteiger partial charge < -0.3 is 15.2 Å². The Balaban J connectivity index is 1.99. The number of alkyl halides is 4. The molecule has 2 aliphatic rings. The second-order valence-electron chi connectivity index (χ2n) is 5.65. The van der Waals surface area contributed by atoms with Gasteiger partial charge in [0.05, 0.1) is 6.20 Å². The number of aliphatic imine (C=N–C) groups is 1. The Morgan fingerprint density at radius 1 is 1.12 bits per heavy atom. The van der Waals surface area contributed by atoms with Crippen LogP contribution in [0.15, 0.2) is 47.7 Å². The van der Waals surface area contributed by atoms with E-state index >= 15 is 0 Å². The summed E-state index contributed by atoms with van der Waals surface area (Å²) in [6, 6.07) is 8.35. The molecule has 25 heavy (non-hydrogen) atoms. The maximum Gasteiger partial charge on any atom is 0.421 e. The van der Waals surface area contributed by atoms with Gasteiger partial charge in [-0.15, -0.1) is 0 Å². The molecule has 3 unspecified atom stereocenters. The fraction of sp³-hybridized carbons (Fsp3) is 0.250. The molecular formula is C16H11ClF3N3O2. The van der Waals surface area contributed by atoms with Crippen molar-refractivity contribution in [3.63, 3.8) is 0 Å². The highest BCUT2D eigenvalue weighted by Gasteiger charge is 2.57. The van der Waals surface area contributed by atoms with Gasteiger partial charge in [-0.2, -0.15) is 13.2 Å². The number of pyridine rings is 1. The number of rotatable bonds is 0. The van der Waals surface area contributed by atoms with Crippen LogP contribution in [-0.4, -0.2) is 28.7 Å². The van der Waals surface area contributed by atoms with Gasteiger partial charge in [-0.25, -0.2) is 4.99 Å². The van der Waals surface area contributed by atoms with E-state index in [4.69, 9.17) is 26.8 Å². The quantitative estimate of drug-likeness (QED) is 0.723. The maximum atomic E-state index is 13.1. The molecule has 9 heteroatoms. The SMILES string of the molecule is NC1=NC2(c3ccccc3Oc3cnccc32)C(Cl)OC1C(F)(F)F. The van der Waals surface area contributed by atoms with E-state index < -0.39 is 29.2 Å². The zero-order valence-corrected chi connectivity index (χ0v) is 13.3. The largest absolute Gasteiger partial charge is 0.455 e. The first-order chi connectivity index (χ1) is 11.8. The molecule has 2 aliphatic heterocycles. The third kappa shape index (κ3) is 2.28. The molecule has 130 valence electrons. The molecule has 2 N–H and O–H groups in total. The maximum absolute atomic E-state index is 13.1. The van der Waals surface area contributed by atoms with E-state index in [-0.39, 0.29) is 0 Å². The topological polar surface area (TPSA) is 69.7 Å². The summed E-state index contributed by atoms with van der Waals surface area (Å²) in [6.45, 7) is 0. The number of hydrogen-bond donors (Lipinski definition) is 1. The monoisotopic (exact) mass is 369 g/mol. The smallest absolute Gasteiger partial charge is 0.421 e. The molecule has 4 rings (SSSR count). The molecule has 3 atom stereocenters. The number of benzene rings is 1. The zero-order valence-electron chi connectivity index (χ0n) is 12.5. The van der Waals surface area contributed by atoms with Crippen LogP contribution in [0.4, 0.5) is 13.2 Å². The number of halogens is 4. The fourth-order valence-corrected chi connectivity index (χ4v) is 3.51. The standard InChI is InChI=1S/C16H11ClF3N3O2/c17-14-15(23-13(21)12(25-14)16(18,19)20)8-3-1-2-4-10(8)24-11-7-22-6-5-9(11)15/h1-7,12,14H,(H2,21,23). The molecule has 0 bridgehead atoms. The van der Waals surface area contributed by atoms with Crippen molar-refractivity contribution in [2.75, 3.05) is 0 Å². The lowest BCUT2D eigenvalue weighted by Crippen LogP contribution is -2.55. The number of aromatic nitrogens is 1. The van der Waals surface area contributed by atoms with E-state index in [1.165, 1.54) is 12.4 Å². The molecule has 2 aromatic rings. The van der Waals surface area contributed by atoms with Crippen LogP contribution in [0.1, 0.15) is 11.1 Å². The van der Waals surface area contributed by atoms with Gasteiger partial charge in [0.15, 0.2) is 16.9 Å². The number of nitrogens with two attached hydrogens (primary N) is 1. The highest BCUT2D eigenvalue weighted by Crippen LogP contribution is 2.54. The molecule has 0 saturated carbocycles. The number of ether oxygens (including phenoxy) is 2. The van der Waals surface area contributed by atoms with E-state index in [2.05, 4.69) is 9.98 Å². The Morgan fingerprint density at radius 3 is 2.60 bits per heavy atom. The summed E-state index contributed by atoms with van der Waals surface area (Å²) in [4.78, 5) is 8.17. The minimum absolute atomic E-state index is 0.331. The molecule has 0 fully saturated rings. The van der Waals surface area contributed by atoms with Gasteiger partial charge in [0.2, 0.25) is 6.10 Å². The van der Waals surface area contributed by atoms with Gasteiger partial charge in [0.25, 0.3) is 0 Å². The normalized spacial score (nSPS) is 27.9. The molecule has 1 spiro atoms. The van der Waals surface area contributed by atoms with Crippen molar-refractivity contribution in [1.82, 2.24) is 4.98 Å². The molecule has 0 saturated heterocycles. The van der Waals surface area contributed by atoms with Crippen LogP contribution in [0.5, 0.6) is 11.5 Å². The third-order valence-corrected chi connectivity index (χ3v) is 4.59. The highest BCUT2D eigenvalue weighted by atomic mass is 35.5. The summed E-state index contributed by atoms with van der Waals surface area (Å²) in [5.74, 6) is 0.0422. The molecule has 0 amide bonds. The molecule has 3 heterocycles. The number of fused-ring (bicyclic) bond motifs is 4. The number of amidine groups is 1. The summed E-state index contributed by atoms with van der Waals surface area (Å²) in [5.41, 5.74) is 3.64. The lowest BCUT2D eigenvalue weighted by Gasteiger charge is -2.44. The molecule has 0 aliphatic carbocycles. The molecule has 1 aromatic carbocycles. The minimum atomic E-state index is -4.71. The van der Waals surface area contributed by atoms with Gasteiger partial charge in [-0.1, -0.05) is 29.8 Å². The number of para-hydroxylation sites is 1. The van der Waals surface area contributed by atoms with Crippen molar-refractivity contribution in [1.29, 1.82) is 0 Å². The van der Waals surface area contributed by atoms with Crippen molar-refractivity contribution in [2.24, 2.45) is 10.7 Å². The van der Waals surface area contributed by atoms with Crippen molar-refractivity contribution in [2.45, 2.75) is 23.4 Å². The van der Waals surface area contributed by atoms with E-state index in [1.807, 2.05) is 0 Å². The average Bonchev–Trinajstić information content (AvgIpc) is 2.57. The molecule has 5 nitrogen and oxygen atoms in total. The minimum Gasteiger partial charge on any atom is -0.455 e. The van der Waals surface area contributed by atoms with Crippen LogP contribution in [0.25, 0.3) is 0 Å². The van der Waals surface area contributed by atoms with Crippen LogP contribution < -0.4 is 10.5 Å². The molecular weight excluding hydrogens is 359 g/mol. The van der Waals surface area contributed by atoms with Crippen molar-refractivity contribution < 1.29 is 22.6 Å². The molecule has 0 radical (unpaired) electrons. The number of hydrogen-bond acceptors (Lipinski definition) is 5. The van der Waals surface area contributed by atoms with E-state index in [0.717, 1.165) is 0 Å². The van der Waals surface area contributed by atoms with Crippen molar-refractivity contribution in [3.05, 3.63) is 53.9 Å². The summed E-state index contributed by atoms with van der Waals surface area (Å²) < 4.78 is 50.3. The van der Waals surface area contributed by atoms with Crippen molar-refractivity contribution in [3.8, 4) is 11.5 Å². The molecule has 1 aromatic heterocycles. The third-order valence-electron chi connectivity index (χ3n) is 4.17. The van der Waals surface area contributed by atoms with Crippen LogP contribution in [0, 0.1) is 0 Å². The number of nitrogens with zero attached hydrogens (tertiary/aromatic N) is 2. The second kappa shape index (κ2) is 5.34. The first-order valence-electron chi connectivity index (χ1n) is 7.27. The highest BCUT2D eigenvalue weighted by molar-refractivity contribution is 6.21. The van der Waals surface area contributed by atoms with Gasteiger partial charge in [0, 0.05) is 17.3 Å². The second-order valence-corrected chi connectivity index (χ2v) is 6.04. The van der Waals surface area contributed by atoms with E-state index in [9.17, 15) is 13.2 Å². The Bertz CT molecular complexity index is 826. The first-order valence-corrected chi connectivity index (χ1v) is 7.71. The zero-order chi connectivity index (χ0) is 17.8. The van der Waals surface area contributed by atoms with Crippen LogP contribution in [0.2, 0.25) is 0 Å². The van der Waals surface area contributed by atoms with Gasteiger partial charge >= 0.3 is 6.18 Å². The first kappa shape index (κ1) is 16.2. The summed E-state index contributed by atoms with van der Waals surface area (Å²) >= 11 is 6.31. The van der Waals surface area contributed by atoms with Gasteiger partial charge in [-0.05, 0) is 12.1 Å². The summed E-state index contributed by atoms with van der Waals surface area (Å²) in [7, 11) is 0. The predicted molar refractivity (Wildman–Crippen MR) is 83.7 cm³/mol. The van der Waals surface area contributed by atoms with E-state index in [1.54, 1.807) is 30.3 Å². The average molecular weight is 370 g/mol. The Labute approximate surface area is 145 Å². The van der Waals surface area contributed by atoms with Gasteiger partial charge in [-0.3, -0.25) is 4.98 Å². The summed E-state index contributed by atoms with van der Waals surface area (Å²) in [5, 5.41) is 0. The van der Waals surface area contributed by atoms with Crippen LogP contribution in [0.3, 0.4) is 0 Å². The van der Waals surface area contributed by atoms with Crippen LogP contribution in [-0.2, 0) is 10.3 Å². The van der Waals surface area contributed by atoms with Crippen molar-refractivity contribution >= 4 is 17.4 Å². The van der Waals surface area contributed by atoms with Crippen LogP contribution >= 0.6 is 11.6 Å². The Morgan fingerprint density at radius 2 is 1.84 bits per heavy atom. The summed E-state index contributed by atoms with van der Waals surface area (Å²) in [6.07, 6.45) is -4.16. The Hall–Kier alpha value is -2.32. The fourth-order valence-electron chi connectivity index (χ4n) is 3.12. The van der Waals surface area contributed by atoms with Gasteiger partial charge in [0.1, 0.15) is 11.6 Å². The lowest BCUT2D eigenvalue weighted by atomic mass is 9.80. The Kier molecular flexibility index (Phi) is 3.45. The van der Waals surface area contributed by atoms with E-state index in [0.29, 0.717) is 22.6 Å².